The summed E-state index contributed by atoms with van der Waals surface area (Å²) in [6.07, 6.45) is 16.5. The Morgan fingerprint density at radius 3 is 1.47 bits per heavy atom. The maximum atomic E-state index is 13.7. The van der Waals surface area contributed by atoms with Gasteiger partial charge in [0.1, 0.15) is 16.5 Å². The van der Waals surface area contributed by atoms with E-state index in [-0.39, 0.29) is 11.8 Å². The van der Waals surface area contributed by atoms with Crippen molar-refractivity contribution in [3.63, 3.8) is 0 Å². The van der Waals surface area contributed by atoms with Crippen LogP contribution < -0.4 is 15.5 Å². The van der Waals surface area contributed by atoms with Crippen LogP contribution in [0.25, 0.3) is 11.4 Å². The number of para-hydroxylation sites is 2. The number of hydrogen-bond donors (Lipinski definition) is 2. The molecule has 0 spiro atoms. The van der Waals surface area contributed by atoms with E-state index in [0.717, 1.165) is 40.9 Å². The first-order chi connectivity index (χ1) is 28.3. The molecule has 9 nitrogen and oxygen atoms in total. The zero-order valence-electron chi connectivity index (χ0n) is 33.3. The second kappa shape index (κ2) is 15.7. The van der Waals surface area contributed by atoms with Crippen LogP contribution in [0.4, 0.5) is 5.82 Å². The van der Waals surface area contributed by atoms with Crippen LogP contribution in [-0.2, 0) is 6.54 Å². The number of nitrogens with one attached hydrogen (secondary N) is 2. The minimum absolute atomic E-state index is 0.0181. The number of carbonyl (C=O) groups is 2. The van der Waals surface area contributed by atoms with Crippen LogP contribution in [0.1, 0.15) is 90.5 Å². The number of amides is 2. The van der Waals surface area contributed by atoms with Crippen molar-refractivity contribution in [2.45, 2.75) is 82.8 Å². The highest BCUT2D eigenvalue weighted by Gasteiger charge is 2.50. The highest BCUT2D eigenvalue weighted by atomic mass is 35.5. The number of nitrogens with zero attached hydrogens (tertiary/aromatic N) is 5. The van der Waals surface area contributed by atoms with Crippen molar-refractivity contribution in [2.75, 3.05) is 11.9 Å². The molecule has 8 fully saturated rings. The summed E-state index contributed by atoms with van der Waals surface area (Å²) in [5.41, 5.74) is 4.15. The maximum Gasteiger partial charge on any atom is 0.256 e. The molecule has 10 heteroatoms. The molecule has 0 radical (unpaired) electrons. The van der Waals surface area contributed by atoms with E-state index in [2.05, 4.69) is 50.0 Å². The van der Waals surface area contributed by atoms with Crippen LogP contribution >= 0.6 is 11.6 Å². The summed E-state index contributed by atoms with van der Waals surface area (Å²) in [6.45, 7) is 0.706. The SMILES string of the molecule is CN(Cc1ccccc1)c1c(C(=O)NC2C3CC4CC(C3)CC2C4)cnn1-c1ccccc1.O=C(NC1C2CC3CC(C2)CC1C3)c1cnn(-c2ccccc2)c1Cl. The molecule has 0 unspecified atom stereocenters. The van der Waals surface area contributed by atoms with Crippen LogP contribution in [0.3, 0.4) is 0 Å². The molecule has 0 atom stereocenters. The van der Waals surface area contributed by atoms with E-state index in [1.165, 1.54) is 69.8 Å². The molecule has 8 bridgehead atoms. The summed E-state index contributed by atoms with van der Waals surface area (Å²) in [7, 11) is 2.04. The van der Waals surface area contributed by atoms with E-state index in [9.17, 15) is 9.59 Å². The molecular weight excluding hydrogens is 742 g/mol. The summed E-state index contributed by atoms with van der Waals surface area (Å²) < 4.78 is 3.52. The van der Waals surface area contributed by atoms with Crippen molar-refractivity contribution in [3.8, 4) is 11.4 Å². The van der Waals surface area contributed by atoms with Gasteiger partial charge in [-0.25, -0.2) is 9.36 Å². The van der Waals surface area contributed by atoms with Crippen LogP contribution in [0.5, 0.6) is 0 Å². The topological polar surface area (TPSA) is 97.1 Å². The van der Waals surface area contributed by atoms with Crippen molar-refractivity contribution in [1.82, 2.24) is 30.2 Å². The fourth-order valence-corrected chi connectivity index (χ4v) is 12.9. The van der Waals surface area contributed by atoms with Crippen LogP contribution in [0, 0.1) is 47.3 Å². The first-order valence-electron chi connectivity index (χ1n) is 21.6. The number of rotatable bonds is 9. The normalized spacial score (nSPS) is 29.8. The van der Waals surface area contributed by atoms with E-state index in [1.807, 2.05) is 78.5 Å². The standard InChI is InChI=1S/C28H32N4O.C20H22ClN3O/c1-31(18-19-8-4-2-5-9-19)28-25(17-29-32(28)24-10-6-3-7-11-24)27(33)30-26-22-13-20-12-21(15-22)16-23(26)14-20;21-19-17(11-22-24(19)16-4-2-1-3-5-16)20(25)23-18-14-7-12-6-13(9-14)10-15(18)8-12/h2-11,17,20-23,26H,12-16,18H2,1H3,(H,30,33);1-5,11-15,18H,6-10H2,(H,23,25). The molecule has 300 valence electrons. The molecule has 8 saturated carbocycles. The zero-order chi connectivity index (χ0) is 39.3. The molecule has 8 aliphatic rings. The van der Waals surface area contributed by atoms with Gasteiger partial charge in [-0.05, 0) is 141 Å². The third-order valence-corrected chi connectivity index (χ3v) is 15.0. The van der Waals surface area contributed by atoms with E-state index in [0.29, 0.717) is 58.6 Å². The smallest absolute Gasteiger partial charge is 0.256 e. The Morgan fingerprint density at radius 1 is 0.586 bits per heavy atom. The molecule has 8 aliphatic carbocycles. The first-order valence-corrected chi connectivity index (χ1v) is 22.0. The first kappa shape index (κ1) is 37.4. The Morgan fingerprint density at radius 2 is 0.983 bits per heavy atom. The van der Waals surface area contributed by atoms with Crippen molar-refractivity contribution in [1.29, 1.82) is 0 Å². The van der Waals surface area contributed by atoms with Crippen LogP contribution in [0.15, 0.2) is 103 Å². The summed E-state index contributed by atoms with van der Waals surface area (Å²) in [5.74, 6) is 7.00. The lowest BCUT2D eigenvalue weighted by molar-refractivity contribution is -0.0119. The van der Waals surface area contributed by atoms with Crippen LogP contribution in [0.2, 0.25) is 5.15 Å². The number of hydrogen-bond acceptors (Lipinski definition) is 5. The van der Waals surface area contributed by atoms with Crippen LogP contribution in [-0.4, -0.2) is 50.5 Å². The number of aromatic nitrogens is 4. The van der Waals surface area contributed by atoms with Crippen molar-refractivity contribution in [3.05, 3.63) is 125 Å². The summed E-state index contributed by atoms with van der Waals surface area (Å²) >= 11 is 6.46. The number of halogens is 1. The molecule has 13 rings (SSSR count). The van der Waals surface area contributed by atoms with E-state index in [4.69, 9.17) is 11.6 Å². The molecule has 2 amide bonds. The summed E-state index contributed by atoms with van der Waals surface area (Å²) in [4.78, 5) is 28.7. The van der Waals surface area contributed by atoms with Gasteiger partial charge in [0, 0.05) is 25.7 Å². The Labute approximate surface area is 346 Å². The second-order valence-electron chi connectivity index (χ2n) is 18.4. The fourth-order valence-electron chi connectivity index (χ4n) is 12.6. The molecule has 2 aromatic heterocycles. The van der Waals surface area contributed by atoms with Gasteiger partial charge in [-0.3, -0.25) is 9.59 Å². The highest BCUT2D eigenvalue weighted by molar-refractivity contribution is 6.33. The van der Waals surface area contributed by atoms with E-state index >= 15 is 0 Å². The van der Waals surface area contributed by atoms with Gasteiger partial charge in [-0.1, -0.05) is 78.3 Å². The molecule has 3 aromatic carbocycles. The van der Waals surface area contributed by atoms with Gasteiger partial charge >= 0.3 is 0 Å². The van der Waals surface area contributed by atoms with Gasteiger partial charge in [0.25, 0.3) is 11.8 Å². The molecule has 58 heavy (non-hydrogen) atoms. The Balaban J connectivity index is 0.000000146. The maximum absolute atomic E-state index is 13.7. The molecule has 0 saturated heterocycles. The Kier molecular flexibility index (Phi) is 10.1. The largest absolute Gasteiger partial charge is 0.355 e. The third kappa shape index (κ3) is 7.24. The molecule has 0 aliphatic heterocycles. The Hall–Kier alpha value is -4.89. The number of anilines is 1. The van der Waals surface area contributed by atoms with Crippen molar-refractivity contribution < 1.29 is 9.59 Å². The van der Waals surface area contributed by atoms with Gasteiger partial charge in [-0.2, -0.15) is 10.2 Å². The summed E-state index contributed by atoms with van der Waals surface area (Å²) in [6, 6.07) is 30.8. The molecule has 2 N–H and O–H groups in total. The van der Waals surface area contributed by atoms with Crippen molar-refractivity contribution in [2.24, 2.45) is 47.3 Å². The zero-order valence-corrected chi connectivity index (χ0v) is 34.1. The molecule has 2 heterocycles. The van der Waals surface area contributed by atoms with Gasteiger partial charge in [-0.15, -0.1) is 0 Å². The summed E-state index contributed by atoms with van der Waals surface area (Å²) in [5, 5.41) is 16.2. The minimum atomic E-state index is -0.0790. The molecular formula is C48H54ClN7O2. The van der Waals surface area contributed by atoms with Gasteiger partial charge in [0.15, 0.2) is 0 Å². The predicted molar refractivity (Wildman–Crippen MR) is 227 cm³/mol. The van der Waals surface area contributed by atoms with E-state index < -0.39 is 0 Å². The third-order valence-electron chi connectivity index (χ3n) is 14.6. The quantitative estimate of drug-likeness (QED) is 0.155. The lowest BCUT2D eigenvalue weighted by Crippen LogP contribution is -2.55. The van der Waals surface area contributed by atoms with Gasteiger partial charge in [0.05, 0.1) is 29.3 Å². The van der Waals surface area contributed by atoms with E-state index in [1.54, 1.807) is 17.1 Å². The average Bonchev–Trinajstić information content (AvgIpc) is 3.86. The second-order valence-corrected chi connectivity index (χ2v) is 18.8. The predicted octanol–water partition coefficient (Wildman–Crippen LogP) is 9.14. The average molecular weight is 796 g/mol. The lowest BCUT2D eigenvalue weighted by Gasteiger charge is -2.54. The van der Waals surface area contributed by atoms with Gasteiger partial charge < -0.3 is 15.5 Å². The highest BCUT2D eigenvalue weighted by Crippen LogP contribution is 2.55. The number of carbonyl (C=O) groups excluding carboxylic acids is 2. The number of benzene rings is 3. The lowest BCUT2D eigenvalue weighted by atomic mass is 9.54. The monoisotopic (exact) mass is 795 g/mol. The van der Waals surface area contributed by atoms with Crippen molar-refractivity contribution >= 4 is 29.2 Å². The Bertz CT molecular complexity index is 2180. The minimum Gasteiger partial charge on any atom is -0.355 e. The van der Waals surface area contributed by atoms with Gasteiger partial charge in [0.2, 0.25) is 0 Å². The fraction of sp³-hybridized carbons (Fsp3) is 0.458. The molecule has 5 aromatic rings.